The highest BCUT2D eigenvalue weighted by molar-refractivity contribution is 5.47. The van der Waals surface area contributed by atoms with E-state index in [0.29, 0.717) is 5.57 Å². The first-order chi connectivity index (χ1) is 7.68. The van der Waals surface area contributed by atoms with E-state index in [1.54, 1.807) is 19.1 Å². The van der Waals surface area contributed by atoms with Gasteiger partial charge in [-0.3, -0.25) is 0 Å². The largest absolute Gasteiger partial charge is 0.416 e. The van der Waals surface area contributed by atoms with Gasteiger partial charge in [-0.15, -0.1) is 0 Å². The fourth-order valence-corrected chi connectivity index (χ4v) is 0.887. The standard InChI is InChI=1S/C14H15F3/c1-6-13(14(15,16)17)9-12(5)11(4)8-7-10(2)3/h6-9H,1-2,4-5H2,3H3/b8-7-,13-9+. The normalized spacial score (nSPS) is 12.6. The molecule has 0 fully saturated rings. The van der Waals surface area contributed by atoms with Crippen molar-refractivity contribution >= 4 is 0 Å². The van der Waals surface area contributed by atoms with Crippen LogP contribution in [0.5, 0.6) is 0 Å². The number of halogens is 3. The van der Waals surface area contributed by atoms with Gasteiger partial charge in [0.1, 0.15) is 0 Å². The van der Waals surface area contributed by atoms with Crippen LogP contribution in [0.15, 0.2) is 72.9 Å². The third-order valence-electron chi connectivity index (χ3n) is 1.86. The lowest BCUT2D eigenvalue weighted by molar-refractivity contribution is -0.0881. The van der Waals surface area contributed by atoms with Crippen LogP contribution in [-0.2, 0) is 0 Å². The molecule has 0 rings (SSSR count). The smallest absolute Gasteiger partial charge is 0.166 e. The molecule has 0 N–H and O–H groups in total. The summed E-state index contributed by atoms with van der Waals surface area (Å²) in [6, 6.07) is 0. The SMILES string of the molecule is C=C/C(=C\C(=C)C(=C)/C=C\C(=C)C)C(F)(F)F. The quantitative estimate of drug-likeness (QED) is 0.599. The van der Waals surface area contributed by atoms with Crippen molar-refractivity contribution in [2.45, 2.75) is 13.1 Å². The van der Waals surface area contributed by atoms with Gasteiger partial charge in [-0.1, -0.05) is 50.1 Å². The van der Waals surface area contributed by atoms with Crippen molar-refractivity contribution in [2.75, 3.05) is 0 Å². The van der Waals surface area contributed by atoms with Gasteiger partial charge in [-0.05, 0) is 24.1 Å². The van der Waals surface area contributed by atoms with Gasteiger partial charge in [-0.2, -0.15) is 13.2 Å². The number of hydrogen-bond donors (Lipinski definition) is 0. The van der Waals surface area contributed by atoms with Crippen LogP contribution in [0.4, 0.5) is 13.2 Å². The van der Waals surface area contributed by atoms with Gasteiger partial charge in [0.05, 0.1) is 5.57 Å². The minimum absolute atomic E-state index is 0.190. The molecule has 0 aliphatic rings. The summed E-state index contributed by atoms with van der Waals surface area (Å²) in [6.45, 7) is 15.7. The predicted molar refractivity (Wildman–Crippen MR) is 66.6 cm³/mol. The minimum atomic E-state index is -4.43. The van der Waals surface area contributed by atoms with E-state index in [1.807, 2.05) is 0 Å². The second-order valence-electron chi connectivity index (χ2n) is 3.53. The van der Waals surface area contributed by atoms with Crippen molar-refractivity contribution < 1.29 is 13.2 Å². The third kappa shape index (κ3) is 5.76. The highest BCUT2D eigenvalue weighted by Gasteiger charge is 2.31. The summed E-state index contributed by atoms with van der Waals surface area (Å²) in [5.74, 6) is 0. The fourth-order valence-electron chi connectivity index (χ4n) is 0.887. The molecule has 0 spiro atoms. The zero-order valence-electron chi connectivity index (χ0n) is 9.77. The van der Waals surface area contributed by atoms with Gasteiger partial charge in [0, 0.05) is 0 Å². The maximum atomic E-state index is 12.4. The topological polar surface area (TPSA) is 0 Å². The van der Waals surface area contributed by atoms with Crippen LogP contribution in [0.2, 0.25) is 0 Å². The van der Waals surface area contributed by atoms with E-state index in [2.05, 4.69) is 26.3 Å². The van der Waals surface area contributed by atoms with Gasteiger partial charge >= 0.3 is 6.18 Å². The zero-order valence-corrected chi connectivity index (χ0v) is 9.77. The molecule has 0 radical (unpaired) electrons. The Labute approximate surface area is 99.8 Å². The molecular weight excluding hydrogens is 225 g/mol. The van der Waals surface area contributed by atoms with E-state index in [4.69, 9.17) is 0 Å². The first-order valence-corrected chi connectivity index (χ1v) is 4.81. The van der Waals surface area contributed by atoms with Gasteiger partial charge in [0.2, 0.25) is 0 Å². The van der Waals surface area contributed by atoms with E-state index < -0.39 is 11.7 Å². The molecule has 0 nitrogen and oxygen atoms in total. The number of hydrogen-bond acceptors (Lipinski definition) is 0. The molecule has 0 aromatic heterocycles. The van der Waals surface area contributed by atoms with Crippen LogP contribution in [0.3, 0.4) is 0 Å². The summed E-state index contributed by atoms with van der Waals surface area (Å²) in [4.78, 5) is 0. The maximum Gasteiger partial charge on any atom is 0.416 e. The lowest BCUT2D eigenvalue weighted by Gasteiger charge is -2.08. The average Bonchev–Trinajstić information content (AvgIpc) is 2.20. The molecule has 0 bridgehead atoms. The van der Waals surface area contributed by atoms with Gasteiger partial charge in [-0.25, -0.2) is 0 Å². The average molecular weight is 240 g/mol. The van der Waals surface area contributed by atoms with E-state index in [0.717, 1.165) is 17.7 Å². The van der Waals surface area contributed by atoms with Crippen molar-refractivity contribution in [3.8, 4) is 0 Å². The maximum absolute atomic E-state index is 12.4. The summed E-state index contributed by atoms with van der Waals surface area (Å²) in [5.41, 5.74) is 0.529. The Morgan fingerprint density at radius 2 is 1.53 bits per heavy atom. The highest BCUT2D eigenvalue weighted by atomic mass is 19.4. The molecule has 92 valence electrons. The fraction of sp³-hybridized carbons (Fsp3) is 0.143. The molecular formula is C14H15F3. The second-order valence-corrected chi connectivity index (χ2v) is 3.53. The summed E-state index contributed by atoms with van der Waals surface area (Å²) in [6.07, 6.45) is 0.461. The molecule has 0 unspecified atom stereocenters. The predicted octanol–water partition coefficient (Wildman–Crippen LogP) is 4.91. The van der Waals surface area contributed by atoms with Crippen LogP contribution in [0, 0.1) is 0 Å². The van der Waals surface area contributed by atoms with Crippen LogP contribution < -0.4 is 0 Å². The number of alkyl halides is 3. The van der Waals surface area contributed by atoms with Crippen LogP contribution in [0.1, 0.15) is 6.92 Å². The van der Waals surface area contributed by atoms with Crippen molar-refractivity contribution in [3.63, 3.8) is 0 Å². The van der Waals surface area contributed by atoms with Gasteiger partial charge < -0.3 is 0 Å². The van der Waals surface area contributed by atoms with Crippen LogP contribution >= 0.6 is 0 Å². The number of allylic oxidation sites excluding steroid dienone is 8. The Morgan fingerprint density at radius 1 is 1.00 bits per heavy atom. The first-order valence-electron chi connectivity index (χ1n) is 4.81. The lowest BCUT2D eigenvalue weighted by atomic mass is 10.0. The zero-order chi connectivity index (χ0) is 13.6. The molecule has 0 aromatic carbocycles. The van der Waals surface area contributed by atoms with Crippen molar-refractivity contribution in [3.05, 3.63) is 72.9 Å². The Hall–Kier alpha value is -1.77. The molecule has 0 aliphatic carbocycles. The van der Waals surface area contributed by atoms with E-state index in [-0.39, 0.29) is 5.57 Å². The molecule has 3 heteroatoms. The Balaban J connectivity index is 4.96. The lowest BCUT2D eigenvalue weighted by Crippen LogP contribution is -2.10. The summed E-state index contributed by atoms with van der Waals surface area (Å²) in [5, 5.41) is 0. The Morgan fingerprint density at radius 3 is 1.88 bits per heavy atom. The van der Waals surface area contributed by atoms with Gasteiger partial charge in [0.25, 0.3) is 0 Å². The molecule has 0 atom stereocenters. The molecule has 0 aromatic rings. The van der Waals surface area contributed by atoms with Crippen LogP contribution in [0.25, 0.3) is 0 Å². The Kier molecular flexibility index (Phi) is 5.45. The van der Waals surface area contributed by atoms with Crippen molar-refractivity contribution in [2.24, 2.45) is 0 Å². The van der Waals surface area contributed by atoms with Crippen LogP contribution in [-0.4, -0.2) is 6.18 Å². The van der Waals surface area contributed by atoms with E-state index in [1.165, 1.54) is 0 Å². The number of rotatable bonds is 5. The van der Waals surface area contributed by atoms with E-state index in [9.17, 15) is 13.2 Å². The molecule has 0 amide bonds. The van der Waals surface area contributed by atoms with Gasteiger partial charge in [0.15, 0.2) is 0 Å². The Bertz CT molecular complexity index is 404. The second kappa shape index (κ2) is 6.09. The minimum Gasteiger partial charge on any atom is -0.166 e. The van der Waals surface area contributed by atoms with Crippen molar-refractivity contribution in [1.29, 1.82) is 0 Å². The summed E-state index contributed by atoms with van der Waals surface area (Å²) >= 11 is 0. The monoisotopic (exact) mass is 240 g/mol. The van der Waals surface area contributed by atoms with E-state index >= 15 is 0 Å². The highest BCUT2D eigenvalue weighted by Crippen LogP contribution is 2.28. The molecule has 17 heavy (non-hydrogen) atoms. The first kappa shape index (κ1) is 15.2. The molecule has 0 heterocycles. The molecule has 0 aliphatic heterocycles. The van der Waals surface area contributed by atoms with Crippen molar-refractivity contribution in [1.82, 2.24) is 0 Å². The molecule has 0 saturated carbocycles. The third-order valence-corrected chi connectivity index (χ3v) is 1.86. The summed E-state index contributed by atoms with van der Waals surface area (Å²) in [7, 11) is 0. The molecule has 0 saturated heterocycles. The summed E-state index contributed by atoms with van der Waals surface area (Å²) < 4.78 is 37.2.